The van der Waals surface area contributed by atoms with Crippen LogP contribution >= 0.6 is 12.4 Å². The number of rotatable bonds is 1. The number of carbonyl (C=O) groups excluding carboxylic acids is 1. The summed E-state index contributed by atoms with van der Waals surface area (Å²) in [6.45, 7) is 5.81. The molecule has 1 saturated heterocycles. The van der Waals surface area contributed by atoms with Crippen molar-refractivity contribution in [2.24, 2.45) is 0 Å². The van der Waals surface area contributed by atoms with Crippen LogP contribution in [0.5, 0.6) is 0 Å². The molecule has 5 heteroatoms. The number of nitrogens with zero attached hydrogens (tertiary/aromatic N) is 1. The van der Waals surface area contributed by atoms with Crippen molar-refractivity contribution in [1.82, 2.24) is 10.2 Å². The molecule has 0 radical (unpaired) electrons. The lowest BCUT2D eigenvalue weighted by atomic mass is 10.1. The fraction of sp³-hybridized carbons (Fsp3) is 0.462. The zero-order valence-electron chi connectivity index (χ0n) is 10.6. The highest BCUT2D eigenvalue weighted by Crippen LogP contribution is 2.16. The molecule has 1 heterocycles. The SMILES string of the molecule is Cc1cccc(C(=O)N2CCNC[C@H]2C)c1F.Cl. The van der Waals surface area contributed by atoms with E-state index in [0.29, 0.717) is 12.1 Å². The highest BCUT2D eigenvalue weighted by molar-refractivity contribution is 5.95. The second-order valence-electron chi connectivity index (χ2n) is 4.49. The lowest BCUT2D eigenvalue weighted by Gasteiger charge is -2.34. The molecule has 2 rings (SSSR count). The number of aryl methyl sites for hydroxylation is 1. The number of piperazine rings is 1. The summed E-state index contributed by atoms with van der Waals surface area (Å²) in [7, 11) is 0. The summed E-state index contributed by atoms with van der Waals surface area (Å²) in [5, 5.41) is 3.21. The molecule has 0 spiro atoms. The van der Waals surface area contributed by atoms with Gasteiger partial charge >= 0.3 is 0 Å². The van der Waals surface area contributed by atoms with Gasteiger partial charge in [0, 0.05) is 25.7 Å². The summed E-state index contributed by atoms with van der Waals surface area (Å²) in [6, 6.07) is 5.06. The van der Waals surface area contributed by atoms with Gasteiger partial charge in [0.1, 0.15) is 5.82 Å². The fourth-order valence-electron chi connectivity index (χ4n) is 2.11. The first-order chi connectivity index (χ1) is 8.11. The predicted octanol–water partition coefficient (Wildman–Crippen LogP) is 1.99. The maximum absolute atomic E-state index is 13.9. The molecule has 1 atom stereocenters. The van der Waals surface area contributed by atoms with Gasteiger partial charge in [-0.2, -0.15) is 0 Å². The molecule has 1 aliphatic rings. The fourth-order valence-corrected chi connectivity index (χ4v) is 2.11. The largest absolute Gasteiger partial charge is 0.333 e. The van der Waals surface area contributed by atoms with E-state index in [1.165, 1.54) is 0 Å². The monoisotopic (exact) mass is 272 g/mol. The van der Waals surface area contributed by atoms with Gasteiger partial charge in [-0.3, -0.25) is 4.79 Å². The number of nitrogens with one attached hydrogen (secondary N) is 1. The minimum atomic E-state index is -0.400. The van der Waals surface area contributed by atoms with E-state index in [2.05, 4.69) is 5.32 Å². The molecule has 1 amide bonds. The Balaban J connectivity index is 0.00000162. The predicted molar refractivity (Wildman–Crippen MR) is 71.8 cm³/mol. The minimum Gasteiger partial charge on any atom is -0.333 e. The molecule has 1 aromatic carbocycles. The number of benzene rings is 1. The van der Waals surface area contributed by atoms with E-state index in [1.54, 1.807) is 30.0 Å². The summed E-state index contributed by atoms with van der Waals surface area (Å²) in [5.74, 6) is -0.608. The Bertz CT molecular complexity index is 439. The Morgan fingerprint density at radius 2 is 2.22 bits per heavy atom. The quantitative estimate of drug-likeness (QED) is 0.848. The van der Waals surface area contributed by atoms with Crippen LogP contribution in [-0.2, 0) is 0 Å². The van der Waals surface area contributed by atoms with Crippen LogP contribution in [0, 0.1) is 12.7 Å². The third-order valence-corrected chi connectivity index (χ3v) is 3.18. The van der Waals surface area contributed by atoms with Gasteiger partial charge in [-0.15, -0.1) is 12.4 Å². The van der Waals surface area contributed by atoms with E-state index in [4.69, 9.17) is 0 Å². The molecule has 0 bridgehead atoms. The van der Waals surface area contributed by atoms with Crippen LogP contribution < -0.4 is 5.32 Å². The average Bonchev–Trinajstić information content (AvgIpc) is 2.32. The number of hydrogen-bond donors (Lipinski definition) is 1. The van der Waals surface area contributed by atoms with E-state index in [9.17, 15) is 9.18 Å². The normalized spacial score (nSPS) is 19.3. The van der Waals surface area contributed by atoms with Crippen molar-refractivity contribution in [3.05, 3.63) is 35.1 Å². The second kappa shape index (κ2) is 6.16. The van der Waals surface area contributed by atoms with Crippen molar-refractivity contribution >= 4 is 18.3 Å². The Kier molecular flexibility index (Phi) is 5.11. The average molecular weight is 273 g/mol. The van der Waals surface area contributed by atoms with Gasteiger partial charge in [0.05, 0.1) is 5.56 Å². The lowest BCUT2D eigenvalue weighted by Crippen LogP contribution is -2.52. The van der Waals surface area contributed by atoms with Crippen LogP contribution in [0.25, 0.3) is 0 Å². The van der Waals surface area contributed by atoms with Gasteiger partial charge in [0.15, 0.2) is 0 Å². The summed E-state index contributed by atoms with van der Waals surface area (Å²) in [5.41, 5.74) is 0.692. The molecule has 1 fully saturated rings. The van der Waals surface area contributed by atoms with Crippen molar-refractivity contribution in [2.75, 3.05) is 19.6 Å². The van der Waals surface area contributed by atoms with Crippen LogP contribution in [0.15, 0.2) is 18.2 Å². The Labute approximate surface area is 113 Å². The molecule has 18 heavy (non-hydrogen) atoms. The molecule has 100 valence electrons. The molecule has 1 N–H and O–H groups in total. The van der Waals surface area contributed by atoms with Gasteiger partial charge in [-0.1, -0.05) is 12.1 Å². The molecule has 1 aliphatic heterocycles. The zero-order valence-corrected chi connectivity index (χ0v) is 11.4. The minimum absolute atomic E-state index is 0. The molecule has 0 aromatic heterocycles. The van der Waals surface area contributed by atoms with Crippen molar-refractivity contribution in [3.63, 3.8) is 0 Å². The molecular weight excluding hydrogens is 255 g/mol. The highest BCUT2D eigenvalue weighted by Gasteiger charge is 2.26. The van der Waals surface area contributed by atoms with Crippen LogP contribution in [0.3, 0.4) is 0 Å². The van der Waals surface area contributed by atoms with Gasteiger partial charge in [-0.25, -0.2) is 4.39 Å². The van der Waals surface area contributed by atoms with Gasteiger partial charge < -0.3 is 10.2 Å². The van der Waals surface area contributed by atoms with E-state index in [1.807, 2.05) is 6.92 Å². The molecule has 0 unspecified atom stereocenters. The number of hydrogen-bond acceptors (Lipinski definition) is 2. The van der Waals surface area contributed by atoms with E-state index >= 15 is 0 Å². The molecule has 1 aromatic rings. The smallest absolute Gasteiger partial charge is 0.257 e. The molecule has 0 saturated carbocycles. The summed E-state index contributed by atoms with van der Waals surface area (Å²) in [4.78, 5) is 14.0. The molecular formula is C13H18ClFN2O. The first-order valence-corrected chi connectivity index (χ1v) is 5.88. The molecule has 0 aliphatic carbocycles. The lowest BCUT2D eigenvalue weighted by molar-refractivity contribution is 0.0651. The standard InChI is InChI=1S/C13H17FN2O.ClH/c1-9-4-3-5-11(12(9)14)13(17)16-7-6-15-8-10(16)2;/h3-5,10,15H,6-8H2,1-2H3;1H/t10-;/m1./s1. The summed E-state index contributed by atoms with van der Waals surface area (Å²) < 4.78 is 13.9. The first kappa shape index (κ1) is 14.9. The van der Waals surface area contributed by atoms with Crippen LogP contribution in [0.2, 0.25) is 0 Å². The zero-order chi connectivity index (χ0) is 12.4. The second-order valence-corrected chi connectivity index (χ2v) is 4.49. The van der Waals surface area contributed by atoms with Crippen molar-refractivity contribution in [3.8, 4) is 0 Å². The van der Waals surface area contributed by atoms with Gasteiger partial charge in [0.2, 0.25) is 0 Å². The Morgan fingerprint density at radius 3 is 2.89 bits per heavy atom. The van der Waals surface area contributed by atoms with E-state index < -0.39 is 5.82 Å². The Hall–Kier alpha value is -1.13. The van der Waals surface area contributed by atoms with Crippen LogP contribution in [-0.4, -0.2) is 36.5 Å². The third kappa shape index (κ3) is 2.82. The van der Waals surface area contributed by atoms with E-state index in [0.717, 1.165) is 13.1 Å². The topological polar surface area (TPSA) is 32.3 Å². The van der Waals surface area contributed by atoms with Crippen molar-refractivity contribution in [2.45, 2.75) is 19.9 Å². The first-order valence-electron chi connectivity index (χ1n) is 5.88. The summed E-state index contributed by atoms with van der Waals surface area (Å²) in [6.07, 6.45) is 0. The Morgan fingerprint density at radius 1 is 1.50 bits per heavy atom. The van der Waals surface area contributed by atoms with Gasteiger partial charge in [-0.05, 0) is 25.5 Å². The highest BCUT2D eigenvalue weighted by atomic mass is 35.5. The number of halogens is 2. The van der Waals surface area contributed by atoms with Crippen molar-refractivity contribution in [1.29, 1.82) is 0 Å². The number of carbonyl (C=O) groups is 1. The summed E-state index contributed by atoms with van der Waals surface area (Å²) >= 11 is 0. The number of amides is 1. The maximum atomic E-state index is 13.9. The molecule has 3 nitrogen and oxygen atoms in total. The maximum Gasteiger partial charge on any atom is 0.257 e. The van der Waals surface area contributed by atoms with Crippen molar-refractivity contribution < 1.29 is 9.18 Å². The van der Waals surface area contributed by atoms with E-state index in [-0.39, 0.29) is 29.9 Å². The van der Waals surface area contributed by atoms with Crippen LogP contribution in [0.1, 0.15) is 22.8 Å². The van der Waals surface area contributed by atoms with Crippen LogP contribution in [0.4, 0.5) is 4.39 Å². The van der Waals surface area contributed by atoms with Gasteiger partial charge in [0.25, 0.3) is 5.91 Å². The third-order valence-electron chi connectivity index (χ3n) is 3.18.